The van der Waals surface area contributed by atoms with Gasteiger partial charge in [-0.05, 0) is 31.7 Å². The fourth-order valence-electron chi connectivity index (χ4n) is 1.84. The lowest BCUT2D eigenvalue weighted by Crippen LogP contribution is -2.41. The molecular weight excluding hydrogens is 214 g/mol. The highest BCUT2D eigenvalue weighted by atomic mass is 16.5. The van der Waals surface area contributed by atoms with E-state index < -0.39 is 0 Å². The van der Waals surface area contributed by atoms with Crippen LogP contribution in [0, 0.1) is 0 Å². The van der Waals surface area contributed by atoms with Crippen LogP contribution in [0.4, 0.5) is 0 Å². The van der Waals surface area contributed by atoms with Gasteiger partial charge in [-0.2, -0.15) is 0 Å². The zero-order chi connectivity index (χ0) is 12.1. The zero-order valence-corrected chi connectivity index (χ0v) is 10.2. The fourth-order valence-corrected chi connectivity index (χ4v) is 1.84. The van der Waals surface area contributed by atoms with Gasteiger partial charge in [0.2, 0.25) is 0 Å². The number of rotatable bonds is 6. The van der Waals surface area contributed by atoms with E-state index in [-0.39, 0.29) is 12.0 Å². The van der Waals surface area contributed by atoms with Gasteiger partial charge in [-0.3, -0.25) is 4.79 Å². The molecule has 1 aliphatic carbocycles. The quantitative estimate of drug-likeness (QED) is 0.763. The molecule has 1 atom stereocenters. The normalized spacial score (nSPS) is 16.5. The van der Waals surface area contributed by atoms with E-state index in [1.165, 1.54) is 18.4 Å². The molecule has 1 aromatic carbocycles. The van der Waals surface area contributed by atoms with Gasteiger partial charge in [-0.25, -0.2) is 0 Å². The molecule has 0 radical (unpaired) electrons. The van der Waals surface area contributed by atoms with E-state index >= 15 is 0 Å². The third-order valence-electron chi connectivity index (χ3n) is 2.87. The fraction of sp³-hybridized carbons (Fsp3) is 0.500. The molecule has 2 rings (SSSR count). The van der Waals surface area contributed by atoms with Crippen molar-refractivity contribution in [1.82, 2.24) is 5.32 Å². The molecule has 3 heteroatoms. The topological polar surface area (TPSA) is 38.3 Å². The first-order chi connectivity index (χ1) is 8.29. The number of benzene rings is 1. The smallest absolute Gasteiger partial charge is 0.323 e. The van der Waals surface area contributed by atoms with E-state index in [4.69, 9.17) is 4.74 Å². The first-order valence-corrected chi connectivity index (χ1v) is 6.26. The number of esters is 1. The summed E-state index contributed by atoms with van der Waals surface area (Å²) in [7, 11) is 0. The Bertz CT molecular complexity index is 360. The SMILES string of the molecule is CCOC(=O)C(Cc1ccccc1)NC1CC1. The Kier molecular flexibility index (Phi) is 4.15. The van der Waals surface area contributed by atoms with Crippen molar-refractivity contribution in [3.8, 4) is 0 Å². The van der Waals surface area contributed by atoms with Gasteiger partial charge in [-0.15, -0.1) is 0 Å². The average Bonchev–Trinajstić information content (AvgIpc) is 3.14. The van der Waals surface area contributed by atoms with Gasteiger partial charge in [0.05, 0.1) is 6.61 Å². The maximum absolute atomic E-state index is 11.8. The third-order valence-corrected chi connectivity index (χ3v) is 2.87. The summed E-state index contributed by atoms with van der Waals surface area (Å²) >= 11 is 0. The van der Waals surface area contributed by atoms with Crippen molar-refractivity contribution in [3.05, 3.63) is 35.9 Å². The molecule has 1 aliphatic rings. The molecule has 0 bridgehead atoms. The highest BCUT2D eigenvalue weighted by molar-refractivity contribution is 5.76. The van der Waals surface area contributed by atoms with Gasteiger partial charge in [0.25, 0.3) is 0 Å². The first-order valence-electron chi connectivity index (χ1n) is 6.26. The Morgan fingerprint density at radius 1 is 1.41 bits per heavy atom. The summed E-state index contributed by atoms with van der Waals surface area (Å²) in [5.41, 5.74) is 1.17. The first kappa shape index (κ1) is 12.1. The Morgan fingerprint density at radius 3 is 2.71 bits per heavy atom. The highest BCUT2D eigenvalue weighted by Crippen LogP contribution is 2.20. The van der Waals surface area contributed by atoms with Crippen LogP contribution < -0.4 is 5.32 Å². The van der Waals surface area contributed by atoms with Crippen molar-refractivity contribution in [2.45, 2.75) is 38.3 Å². The number of ether oxygens (including phenoxy) is 1. The van der Waals surface area contributed by atoms with Crippen molar-refractivity contribution < 1.29 is 9.53 Å². The van der Waals surface area contributed by atoms with Gasteiger partial charge in [0.15, 0.2) is 0 Å². The Balaban J connectivity index is 1.96. The third kappa shape index (κ3) is 3.86. The minimum Gasteiger partial charge on any atom is -0.465 e. The lowest BCUT2D eigenvalue weighted by molar-refractivity contribution is -0.145. The van der Waals surface area contributed by atoms with Crippen molar-refractivity contribution in [2.24, 2.45) is 0 Å². The lowest BCUT2D eigenvalue weighted by Gasteiger charge is -2.16. The molecule has 1 N–H and O–H groups in total. The standard InChI is InChI=1S/C14H19NO2/c1-2-17-14(16)13(15-12-8-9-12)10-11-6-4-3-5-7-11/h3-7,12-13,15H,2,8-10H2,1H3. The van der Waals surface area contributed by atoms with E-state index in [9.17, 15) is 4.79 Å². The summed E-state index contributed by atoms with van der Waals surface area (Å²) in [6.07, 6.45) is 3.05. The summed E-state index contributed by atoms with van der Waals surface area (Å²) in [5, 5.41) is 3.35. The van der Waals surface area contributed by atoms with Crippen LogP contribution in [0.2, 0.25) is 0 Å². The number of nitrogens with one attached hydrogen (secondary N) is 1. The molecule has 0 aliphatic heterocycles. The van der Waals surface area contributed by atoms with E-state index in [1.807, 2.05) is 37.3 Å². The number of carbonyl (C=O) groups excluding carboxylic acids is 1. The molecule has 1 aromatic rings. The molecule has 1 fully saturated rings. The number of hydrogen-bond donors (Lipinski definition) is 1. The second-order valence-electron chi connectivity index (χ2n) is 4.44. The lowest BCUT2D eigenvalue weighted by atomic mass is 10.1. The van der Waals surface area contributed by atoms with Gasteiger partial charge in [-0.1, -0.05) is 30.3 Å². The molecule has 0 spiro atoms. The van der Waals surface area contributed by atoms with E-state index in [1.54, 1.807) is 0 Å². The van der Waals surface area contributed by atoms with Crippen LogP contribution in [0.1, 0.15) is 25.3 Å². The van der Waals surface area contributed by atoms with Crippen molar-refractivity contribution in [2.75, 3.05) is 6.61 Å². The summed E-state index contributed by atoms with van der Waals surface area (Å²) in [6.45, 7) is 2.28. The molecule has 1 unspecified atom stereocenters. The van der Waals surface area contributed by atoms with E-state index in [0.717, 1.165) is 0 Å². The van der Waals surface area contributed by atoms with Crippen molar-refractivity contribution in [1.29, 1.82) is 0 Å². The van der Waals surface area contributed by atoms with Crippen LogP contribution in [0.5, 0.6) is 0 Å². The predicted molar refractivity (Wildman–Crippen MR) is 66.7 cm³/mol. The monoisotopic (exact) mass is 233 g/mol. The van der Waals surface area contributed by atoms with Crippen molar-refractivity contribution >= 4 is 5.97 Å². The Hall–Kier alpha value is -1.35. The van der Waals surface area contributed by atoms with Crippen LogP contribution in [0.25, 0.3) is 0 Å². The maximum atomic E-state index is 11.8. The molecule has 1 saturated carbocycles. The summed E-state index contributed by atoms with van der Waals surface area (Å²) in [4.78, 5) is 11.8. The highest BCUT2D eigenvalue weighted by Gasteiger charge is 2.29. The number of carbonyl (C=O) groups is 1. The Labute approximate surface area is 102 Å². The molecule has 3 nitrogen and oxygen atoms in total. The van der Waals surface area contributed by atoms with Gasteiger partial charge in [0, 0.05) is 6.04 Å². The summed E-state index contributed by atoms with van der Waals surface area (Å²) < 4.78 is 5.10. The van der Waals surface area contributed by atoms with Crippen LogP contribution in [-0.4, -0.2) is 24.7 Å². The van der Waals surface area contributed by atoms with Crippen LogP contribution in [0.3, 0.4) is 0 Å². The zero-order valence-electron chi connectivity index (χ0n) is 10.2. The second-order valence-corrected chi connectivity index (χ2v) is 4.44. The van der Waals surface area contributed by atoms with Crippen LogP contribution >= 0.6 is 0 Å². The molecule has 0 amide bonds. The van der Waals surface area contributed by atoms with E-state index in [0.29, 0.717) is 19.1 Å². The minimum atomic E-state index is -0.204. The predicted octanol–water partition coefficient (Wildman–Crippen LogP) is 1.91. The van der Waals surface area contributed by atoms with Gasteiger partial charge in [0.1, 0.15) is 6.04 Å². The minimum absolute atomic E-state index is 0.136. The second kappa shape index (κ2) is 5.82. The molecule has 17 heavy (non-hydrogen) atoms. The van der Waals surface area contributed by atoms with Crippen molar-refractivity contribution in [3.63, 3.8) is 0 Å². The van der Waals surface area contributed by atoms with E-state index in [2.05, 4.69) is 5.32 Å². The molecule has 92 valence electrons. The van der Waals surface area contributed by atoms with Crippen LogP contribution in [0.15, 0.2) is 30.3 Å². The largest absolute Gasteiger partial charge is 0.465 e. The van der Waals surface area contributed by atoms with Gasteiger partial charge < -0.3 is 10.1 Å². The van der Waals surface area contributed by atoms with Gasteiger partial charge >= 0.3 is 5.97 Å². The Morgan fingerprint density at radius 2 is 2.12 bits per heavy atom. The molecule has 0 aromatic heterocycles. The molecule has 0 heterocycles. The molecular formula is C14H19NO2. The number of hydrogen-bond acceptors (Lipinski definition) is 3. The van der Waals surface area contributed by atoms with Crippen LogP contribution in [-0.2, 0) is 16.0 Å². The average molecular weight is 233 g/mol. The maximum Gasteiger partial charge on any atom is 0.323 e. The summed E-state index contributed by atoms with van der Waals surface area (Å²) in [6, 6.07) is 10.4. The summed E-state index contributed by atoms with van der Waals surface area (Å²) in [5.74, 6) is -0.136. The molecule has 0 saturated heterocycles.